The molecule has 1 aliphatic rings. The fourth-order valence-corrected chi connectivity index (χ4v) is 2.09. The number of nitrogen functional groups attached to an aromatic ring is 1. The Labute approximate surface area is 103 Å². The standard InChI is InChI=1S/C12H15FN2O3/c13-8-1-2-9(10(11(8)14)12(17)18)15-5-6-3-7(16)4-6/h1-2,6-7,15-16H,3-5,14H2,(H,17,18). The van der Waals surface area contributed by atoms with Crippen LogP contribution in [0, 0.1) is 11.7 Å². The predicted molar refractivity (Wildman–Crippen MR) is 65.0 cm³/mol. The number of nitrogens with two attached hydrogens (primary N) is 1. The zero-order chi connectivity index (χ0) is 13.3. The number of rotatable bonds is 4. The number of nitrogens with one attached hydrogen (secondary N) is 1. The third-order valence-electron chi connectivity index (χ3n) is 3.20. The Morgan fingerprint density at radius 2 is 2.17 bits per heavy atom. The summed E-state index contributed by atoms with van der Waals surface area (Å²) in [6.07, 6.45) is 1.15. The summed E-state index contributed by atoms with van der Waals surface area (Å²) in [7, 11) is 0. The average Bonchev–Trinajstić information content (AvgIpc) is 2.26. The highest BCUT2D eigenvalue weighted by molar-refractivity contribution is 6.00. The van der Waals surface area contributed by atoms with E-state index < -0.39 is 11.8 Å². The van der Waals surface area contributed by atoms with E-state index in [9.17, 15) is 9.18 Å². The van der Waals surface area contributed by atoms with Gasteiger partial charge < -0.3 is 21.3 Å². The van der Waals surface area contributed by atoms with E-state index in [2.05, 4.69) is 5.32 Å². The number of hydrogen-bond donors (Lipinski definition) is 4. The van der Waals surface area contributed by atoms with Gasteiger partial charge in [0.05, 0.1) is 17.5 Å². The van der Waals surface area contributed by atoms with Gasteiger partial charge in [0.25, 0.3) is 0 Å². The molecule has 0 bridgehead atoms. The number of anilines is 2. The molecule has 98 valence electrons. The Balaban J connectivity index is 2.12. The SMILES string of the molecule is Nc1c(F)ccc(NCC2CC(O)C2)c1C(=O)O. The van der Waals surface area contributed by atoms with Gasteiger partial charge in [-0.3, -0.25) is 0 Å². The highest BCUT2D eigenvalue weighted by Crippen LogP contribution is 2.29. The summed E-state index contributed by atoms with van der Waals surface area (Å²) >= 11 is 0. The molecule has 0 radical (unpaired) electrons. The maximum atomic E-state index is 13.2. The van der Waals surface area contributed by atoms with Crippen LogP contribution in [0.25, 0.3) is 0 Å². The van der Waals surface area contributed by atoms with Crippen molar-refractivity contribution >= 4 is 17.3 Å². The summed E-state index contributed by atoms with van der Waals surface area (Å²) < 4.78 is 13.2. The predicted octanol–water partition coefficient (Wildman–Crippen LogP) is 1.29. The first-order valence-corrected chi connectivity index (χ1v) is 5.72. The van der Waals surface area contributed by atoms with Crippen molar-refractivity contribution in [3.63, 3.8) is 0 Å². The molecule has 1 aromatic carbocycles. The Hall–Kier alpha value is -1.82. The second-order valence-corrected chi connectivity index (χ2v) is 4.56. The first-order chi connectivity index (χ1) is 8.49. The third kappa shape index (κ3) is 2.38. The van der Waals surface area contributed by atoms with E-state index in [4.69, 9.17) is 15.9 Å². The second kappa shape index (κ2) is 4.81. The van der Waals surface area contributed by atoms with Crippen LogP contribution >= 0.6 is 0 Å². The monoisotopic (exact) mass is 254 g/mol. The molecule has 0 spiro atoms. The molecule has 2 rings (SSSR count). The summed E-state index contributed by atoms with van der Waals surface area (Å²) in [4.78, 5) is 11.0. The second-order valence-electron chi connectivity index (χ2n) is 4.56. The van der Waals surface area contributed by atoms with Crippen molar-refractivity contribution < 1.29 is 19.4 Å². The summed E-state index contributed by atoms with van der Waals surface area (Å²) in [6, 6.07) is 2.50. The smallest absolute Gasteiger partial charge is 0.340 e. The number of carbonyl (C=O) groups is 1. The van der Waals surface area contributed by atoms with E-state index in [0.29, 0.717) is 31.0 Å². The van der Waals surface area contributed by atoms with Crippen LogP contribution in [-0.2, 0) is 0 Å². The van der Waals surface area contributed by atoms with Crippen molar-refractivity contribution in [3.05, 3.63) is 23.5 Å². The molecule has 0 heterocycles. The number of aliphatic hydroxyl groups is 1. The van der Waals surface area contributed by atoms with Gasteiger partial charge in [-0.15, -0.1) is 0 Å². The van der Waals surface area contributed by atoms with Gasteiger partial charge in [0.2, 0.25) is 0 Å². The zero-order valence-corrected chi connectivity index (χ0v) is 9.69. The maximum Gasteiger partial charge on any atom is 0.340 e. The highest BCUT2D eigenvalue weighted by Gasteiger charge is 2.27. The molecular weight excluding hydrogens is 239 g/mol. The lowest BCUT2D eigenvalue weighted by Gasteiger charge is -2.31. The van der Waals surface area contributed by atoms with E-state index in [1.165, 1.54) is 6.07 Å². The summed E-state index contributed by atoms with van der Waals surface area (Å²) in [5.74, 6) is -1.69. The van der Waals surface area contributed by atoms with Crippen molar-refractivity contribution in [2.45, 2.75) is 18.9 Å². The van der Waals surface area contributed by atoms with Gasteiger partial charge in [0.1, 0.15) is 11.4 Å². The molecule has 1 aliphatic carbocycles. The van der Waals surface area contributed by atoms with Crippen molar-refractivity contribution in [1.82, 2.24) is 0 Å². The molecule has 0 aromatic heterocycles. The van der Waals surface area contributed by atoms with Gasteiger partial charge >= 0.3 is 5.97 Å². The molecule has 0 aliphatic heterocycles. The largest absolute Gasteiger partial charge is 0.478 e. The lowest BCUT2D eigenvalue weighted by atomic mass is 9.82. The minimum Gasteiger partial charge on any atom is -0.478 e. The first kappa shape index (κ1) is 12.6. The molecular formula is C12H15FN2O3. The van der Waals surface area contributed by atoms with E-state index in [-0.39, 0.29) is 17.4 Å². The highest BCUT2D eigenvalue weighted by atomic mass is 19.1. The Bertz CT molecular complexity index is 473. The van der Waals surface area contributed by atoms with E-state index in [1.54, 1.807) is 0 Å². The van der Waals surface area contributed by atoms with Crippen LogP contribution in [0.2, 0.25) is 0 Å². The minimum absolute atomic E-state index is 0.241. The van der Waals surface area contributed by atoms with Crippen LogP contribution < -0.4 is 11.1 Å². The molecule has 18 heavy (non-hydrogen) atoms. The maximum absolute atomic E-state index is 13.2. The van der Waals surface area contributed by atoms with E-state index in [0.717, 1.165) is 6.07 Å². The normalized spacial score (nSPS) is 22.3. The molecule has 0 unspecified atom stereocenters. The summed E-state index contributed by atoms with van der Waals surface area (Å²) in [5, 5.41) is 21.1. The van der Waals surface area contributed by atoms with Crippen molar-refractivity contribution in [3.8, 4) is 0 Å². The fraction of sp³-hybridized carbons (Fsp3) is 0.417. The fourth-order valence-electron chi connectivity index (χ4n) is 2.09. The lowest BCUT2D eigenvalue weighted by molar-refractivity contribution is 0.0486. The topological polar surface area (TPSA) is 95.6 Å². The van der Waals surface area contributed by atoms with Crippen molar-refractivity contribution in [2.75, 3.05) is 17.6 Å². The number of hydrogen-bond acceptors (Lipinski definition) is 4. The average molecular weight is 254 g/mol. The van der Waals surface area contributed by atoms with Crippen molar-refractivity contribution in [2.24, 2.45) is 5.92 Å². The van der Waals surface area contributed by atoms with Gasteiger partial charge in [-0.25, -0.2) is 9.18 Å². The summed E-state index contributed by atoms with van der Waals surface area (Å²) in [5.41, 5.74) is 5.13. The first-order valence-electron chi connectivity index (χ1n) is 5.72. The molecule has 5 N–H and O–H groups in total. The van der Waals surface area contributed by atoms with Gasteiger partial charge in [0.15, 0.2) is 0 Å². The Kier molecular flexibility index (Phi) is 3.38. The van der Waals surface area contributed by atoms with Crippen LogP contribution in [-0.4, -0.2) is 28.8 Å². The molecule has 1 saturated carbocycles. The molecule has 1 fully saturated rings. The van der Waals surface area contributed by atoms with E-state index >= 15 is 0 Å². The quantitative estimate of drug-likeness (QED) is 0.607. The molecule has 5 nitrogen and oxygen atoms in total. The third-order valence-corrected chi connectivity index (χ3v) is 3.20. The number of halogens is 1. The van der Waals surface area contributed by atoms with Gasteiger partial charge in [-0.2, -0.15) is 0 Å². The number of carboxylic acids is 1. The number of benzene rings is 1. The van der Waals surface area contributed by atoms with E-state index in [1.807, 2.05) is 0 Å². The van der Waals surface area contributed by atoms with Crippen LogP contribution in [0.1, 0.15) is 23.2 Å². The Morgan fingerprint density at radius 1 is 1.50 bits per heavy atom. The molecule has 0 amide bonds. The number of carboxylic acid groups (broad SMARTS) is 1. The number of aromatic carboxylic acids is 1. The van der Waals surface area contributed by atoms with Gasteiger partial charge in [-0.05, 0) is 30.9 Å². The molecule has 1 aromatic rings. The van der Waals surface area contributed by atoms with Gasteiger partial charge in [-0.1, -0.05) is 0 Å². The molecule has 0 atom stereocenters. The lowest BCUT2D eigenvalue weighted by Crippen LogP contribution is -2.33. The molecule has 0 saturated heterocycles. The van der Waals surface area contributed by atoms with Crippen LogP contribution in [0.5, 0.6) is 0 Å². The van der Waals surface area contributed by atoms with Crippen LogP contribution in [0.3, 0.4) is 0 Å². The molecule has 6 heteroatoms. The summed E-state index contributed by atoms with van der Waals surface area (Å²) in [6.45, 7) is 0.544. The van der Waals surface area contributed by atoms with Crippen LogP contribution in [0.4, 0.5) is 15.8 Å². The zero-order valence-electron chi connectivity index (χ0n) is 9.69. The van der Waals surface area contributed by atoms with Crippen molar-refractivity contribution in [1.29, 1.82) is 0 Å². The van der Waals surface area contributed by atoms with Crippen LogP contribution in [0.15, 0.2) is 12.1 Å². The van der Waals surface area contributed by atoms with Gasteiger partial charge in [0, 0.05) is 6.54 Å². The number of aliphatic hydroxyl groups excluding tert-OH is 1. The minimum atomic E-state index is -1.26. The Morgan fingerprint density at radius 3 is 2.72 bits per heavy atom.